The van der Waals surface area contributed by atoms with Crippen molar-refractivity contribution in [2.24, 2.45) is 10.9 Å². The van der Waals surface area contributed by atoms with Gasteiger partial charge in [-0.15, -0.1) is 24.0 Å². The number of alkyl halides is 2. The van der Waals surface area contributed by atoms with E-state index < -0.39 is 6.61 Å². The van der Waals surface area contributed by atoms with Gasteiger partial charge in [-0.25, -0.2) is 0 Å². The van der Waals surface area contributed by atoms with Gasteiger partial charge in [0.15, 0.2) is 5.96 Å². The van der Waals surface area contributed by atoms with E-state index in [9.17, 15) is 13.6 Å². The summed E-state index contributed by atoms with van der Waals surface area (Å²) in [6.07, 6.45) is 1.93. The zero-order valence-corrected chi connectivity index (χ0v) is 17.3. The van der Waals surface area contributed by atoms with Crippen LogP contribution in [0.4, 0.5) is 8.78 Å². The van der Waals surface area contributed by atoms with Crippen molar-refractivity contribution < 1.29 is 18.3 Å². The first-order valence-corrected chi connectivity index (χ1v) is 8.33. The number of ether oxygens (including phenoxy) is 1. The molecule has 1 aromatic carbocycles. The lowest BCUT2D eigenvalue weighted by Crippen LogP contribution is -2.41. The van der Waals surface area contributed by atoms with Crippen LogP contribution in [-0.4, -0.2) is 38.6 Å². The van der Waals surface area contributed by atoms with Gasteiger partial charge in [0, 0.05) is 43.2 Å². The molecule has 0 saturated heterocycles. The summed E-state index contributed by atoms with van der Waals surface area (Å²) in [4.78, 5) is 15.6. The van der Waals surface area contributed by atoms with Crippen LogP contribution in [0.3, 0.4) is 0 Å². The Morgan fingerprint density at radius 3 is 2.62 bits per heavy atom. The minimum Gasteiger partial charge on any atom is -0.434 e. The number of aliphatic imine (C=N–C) groups is 1. The van der Waals surface area contributed by atoms with Crippen LogP contribution >= 0.6 is 35.6 Å². The molecule has 1 saturated carbocycles. The van der Waals surface area contributed by atoms with E-state index in [2.05, 4.69) is 25.7 Å². The van der Waals surface area contributed by atoms with Crippen LogP contribution in [0.25, 0.3) is 0 Å². The largest absolute Gasteiger partial charge is 0.434 e. The van der Waals surface area contributed by atoms with E-state index in [0.717, 1.165) is 12.8 Å². The minimum absolute atomic E-state index is 0. The number of amides is 1. The number of guanidine groups is 1. The number of hydrogen-bond acceptors (Lipinski definition) is 3. The zero-order chi connectivity index (χ0) is 18.2. The van der Waals surface area contributed by atoms with E-state index in [0.29, 0.717) is 29.6 Å². The third-order valence-corrected chi connectivity index (χ3v) is 3.81. The summed E-state index contributed by atoms with van der Waals surface area (Å²) < 4.78 is 29.4. The van der Waals surface area contributed by atoms with Crippen molar-refractivity contribution in [3.63, 3.8) is 0 Å². The van der Waals surface area contributed by atoms with Crippen LogP contribution < -0.4 is 20.7 Å². The SMILES string of the molecule is CN=C(NCCNC(=O)C1CC1)NCc1cc(Cl)ccc1OC(F)F.I. The molecule has 0 heterocycles. The topological polar surface area (TPSA) is 74.8 Å². The lowest BCUT2D eigenvalue weighted by atomic mass is 10.2. The van der Waals surface area contributed by atoms with Gasteiger partial charge in [-0.1, -0.05) is 11.6 Å². The quantitative estimate of drug-likeness (QED) is 0.221. The average molecular weight is 503 g/mol. The Kier molecular flexibility index (Phi) is 9.92. The van der Waals surface area contributed by atoms with Crippen LogP contribution in [0.1, 0.15) is 18.4 Å². The third-order valence-electron chi connectivity index (χ3n) is 3.57. The van der Waals surface area contributed by atoms with Crippen molar-refractivity contribution in [1.82, 2.24) is 16.0 Å². The van der Waals surface area contributed by atoms with Gasteiger partial charge >= 0.3 is 6.61 Å². The molecule has 26 heavy (non-hydrogen) atoms. The maximum absolute atomic E-state index is 12.5. The first-order chi connectivity index (χ1) is 12.0. The molecule has 0 unspecified atom stereocenters. The Bertz CT molecular complexity index is 630. The van der Waals surface area contributed by atoms with Crippen LogP contribution in [0.5, 0.6) is 5.75 Å². The molecule has 0 radical (unpaired) electrons. The first kappa shape index (κ1) is 22.7. The summed E-state index contributed by atoms with van der Waals surface area (Å²) in [6, 6.07) is 4.43. The average Bonchev–Trinajstić information content (AvgIpc) is 3.40. The van der Waals surface area contributed by atoms with Crippen molar-refractivity contribution >= 4 is 47.4 Å². The summed E-state index contributed by atoms with van der Waals surface area (Å²) in [5, 5.41) is 9.28. The van der Waals surface area contributed by atoms with Gasteiger partial charge < -0.3 is 20.7 Å². The Hall–Kier alpha value is -1.36. The fraction of sp³-hybridized carbons (Fsp3) is 0.500. The van der Waals surface area contributed by atoms with E-state index in [1.807, 2.05) is 0 Å². The van der Waals surface area contributed by atoms with Crippen LogP contribution in [0, 0.1) is 5.92 Å². The molecule has 1 amide bonds. The van der Waals surface area contributed by atoms with Gasteiger partial charge in [-0.3, -0.25) is 9.79 Å². The predicted molar refractivity (Wildman–Crippen MR) is 107 cm³/mol. The lowest BCUT2D eigenvalue weighted by Gasteiger charge is -2.15. The van der Waals surface area contributed by atoms with Crippen LogP contribution in [-0.2, 0) is 11.3 Å². The van der Waals surface area contributed by atoms with E-state index in [4.69, 9.17) is 11.6 Å². The molecule has 3 N–H and O–H groups in total. The second-order valence-corrected chi connectivity index (χ2v) is 5.98. The van der Waals surface area contributed by atoms with Crippen molar-refractivity contribution in [2.45, 2.75) is 26.0 Å². The summed E-state index contributed by atoms with van der Waals surface area (Å²) >= 11 is 5.91. The highest BCUT2D eigenvalue weighted by Gasteiger charge is 2.28. The molecule has 0 aliphatic heterocycles. The normalized spacial score (nSPS) is 13.8. The Labute approximate surface area is 173 Å². The molecule has 0 atom stereocenters. The fourth-order valence-corrected chi connectivity index (χ4v) is 2.35. The molecule has 0 spiro atoms. The highest BCUT2D eigenvalue weighted by atomic mass is 127. The molecule has 0 bridgehead atoms. The highest BCUT2D eigenvalue weighted by Crippen LogP contribution is 2.28. The second kappa shape index (κ2) is 11.4. The summed E-state index contributed by atoms with van der Waals surface area (Å²) in [5.74, 6) is 0.786. The van der Waals surface area contributed by atoms with Crippen molar-refractivity contribution in [1.29, 1.82) is 0 Å². The molecule has 1 aliphatic carbocycles. The summed E-state index contributed by atoms with van der Waals surface area (Å²) in [7, 11) is 1.59. The van der Waals surface area contributed by atoms with Gasteiger partial charge in [0.2, 0.25) is 5.91 Å². The zero-order valence-electron chi connectivity index (χ0n) is 14.2. The molecular weight excluding hydrogens is 481 g/mol. The molecule has 10 heteroatoms. The third kappa shape index (κ3) is 7.90. The molecule has 1 aromatic rings. The Morgan fingerprint density at radius 1 is 1.31 bits per heavy atom. The number of rotatable bonds is 8. The van der Waals surface area contributed by atoms with E-state index >= 15 is 0 Å². The van der Waals surface area contributed by atoms with Gasteiger partial charge in [0.25, 0.3) is 0 Å². The maximum Gasteiger partial charge on any atom is 0.387 e. The second-order valence-electron chi connectivity index (χ2n) is 5.55. The van der Waals surface area contributed by atoms with Gasteiger partial charge in [0.1, 0.15) is 5.75 Å². The lowest BCUT2D eigenvalue weighted by molar-refractivity contribution is -0.122. The molecule has 1 aliphatic rings. The van der Waals surface area contributed by atoms with E-state index in [1.165, 1.54) is 12.1 Å². The Balaban J connectivity index is 0.00000338. The monoisotopic (exact) mass is 502 g/mol. The highest BCUT2D eigenvalue weighted by molar-refractivity contribution is 14.0. The molecule has 2 rings (SSSR count). The Morgan fingerprint density at radius 2 is 2.00 bits per heavy atom. The summed E-state index contributed by atoms with van der Waals surface area (Å²) in [5.41, 5.74) is 0.484. The number of nitrogens with zero attached hydrogens (tertiary/aromatic N) is 1. The molecule has 6 nitrogen and oxygen atoms in total. The fourth-order valence-electron chi connectivity index (χ4n) is 2.15. The number of benzene rings is 1. The minimum atomic E-state index is -2.91. The molecule has 0 aromatic heterocycles. The number of halogens is 4. The maximum atomic E-state index is 12.5. The number of nitrogens with one attached hydrogen (secondary N) is 3. The van der Waals surface area contributed by atoms with Crippen molar-refractivity contribution in [3.8, 4) is 5.75 Å². The van der Waals surface area contributed by atoms with Crippen molar-refractivity contribution in [3.05, 3.63) is 28.8 Å². The van der Waals surface area contributed by atoms with Crippen LogP contribution in [0.2, 0.25) is 5.02 Å². The van der Waals surface area contributed by atoms with Gasteiger partial charge in [0.05, 0.1) is 0 Å². The smallest absolute Gasteiger partial charge is 0.387 e. The van der Waals surface area contributed by atoms with E-state index in [-0.39, 0.29) is 48.1 Å². The number of hydrogen-bond donors (Lipinski definition) is 3. The number of carbonyl (C=O) groups is 1. The molecule has 1 fully saturated rings. The van der Waals surface area contributed by atoms with Gasteiger partial charge in [-0.05, 0) is 31.0 Å². The van der Waals surface area contributed by atoms with Crippen molar-refractivity contribution in [2.75, 3.05) is 20.1 Å². The standard InChI is InChI=1S/C16H21ClF2N4O2.HI/c1-20-16(22-7-6-21-14(24)10-2-3-10)23-9-11-8-12(17)4-5-13(11)25-15(18)19;/h4-5,8,10,15H,2-3,6-7,9H2,1H3,(H,21,24)(H2,20,22,23);1H. The molecule has 146 valence electrons. The first-order valence-electron chi connectivity index (χ1n) is 7.95. The van der Waals surface area contributed by atoms with E-state index in [1.54, 1.807) is 13.1 Å². The number of carbonyl (C=O) groups excluding carboxylic acids is 1. The summed E-state index contributed by atoms with van der Waals surface area (Å²) in [6.45, 7) is -1.73. The predicted octanol–water partition coefficient (Wildman–Crippen LogP) is 2.75. The van der Waals surface area contributed by atoms with Crippen LogP contribution in [0.15, 0.2) is 23.2 Å². The van der Waals surface area contributed by atoms with Gasteiger partial charge in [-0.2, -0.15) is 8.78 Å². The molecular formula is C16H22ClF2IN4O2.